The zero-order valence-electron chi connectivity index (χ0n) is 18.5. The van der Waals surface area contributed by atoms with Crippen LogP contribution in [-0.4, -0.2) is 82.0 Å². The molecule has 0 bridgehead atoms. The van der Waals surface area contributed by atoms with Crippen LogP contribution in [0.3, 0.4) is 0 Å². The van der Waals surface area contributed by atoms with Crippen LogP contribution in [0.15, 0.2) is 29.3 Å². The molecule has 30 heavy (non-hydrogen) atoms. The molecule has 1 atom stereocenters. The standard InChI is InChI=1S/C23H37ClN4O2/c1-3-25-23(27(2)10-7-19-8-13-29-14-9-19)26-18-22(28-11-15-30-16-12-28)20-5-4-6-21(24)17-20/h4-6,17,19,22H,3,7-16,18H2,1-2H3,(H,25,26). The Bertz CT molecular complexity index is 660. The first kappa shape index (κ1) is 23.3. The third-order valence-corrected chi connectivity index (χ3v) is 6.28. The normalized spacial score (nSPS) is 20.2. The van der Waals surface area contributed by atoms with Crippen molar-refractivity contribution in [3.8, 4) is 0 Å². The minimum atomic E-state index is 0.199. The van der Waals surface area contributed by atoms with Crippen LogP contribution in [0.1, 0.15) is 37.8 Å². The van der Waals surface area contributed by atoms with E-state index in [0.717, 1.165) is 69.5 Å². The zero-order valence-corrected chi connectivity index (χ0v) is 19.2. The van der Waals surface area contributed by atoms with E-state index in [1.807, 2.05) is 12.1 Å². The highest BCUT2D eigenvalue weighted by atomic mass is 35.5. The lowest BCUT2D eigenvalue weighted by Gasteiger charge is -2.34. The molecule has 3 rings (SSSR count). The summed E-state index contributed by atoms with van der Waals surface area (Å²) in [6.07, 6.45) is 3.54. The first-order valence-corrected chi connectivity index (χ1v) is 11.7. The van der Waals surface area contributed by atoms with Crippen LogP contribution in [0.5, 0.6) is 0 Å². The molecule has 7 heteroatoms. The molecule has 0 aromatic heterocycles. The Morgan fingerprint density at radius 3 is 2.67 bits per heavy atom. The second-order valence-corrected chi connectivity index (χ2v) is 8.62. The van der Waals surface area contributed by atoms with Crippen molar-refractivity contribution >= 4 is 17.6 Å². The van der Waals surface area contributed by atoms with Crippen molar-refractivity contribution in [2.75, 3.05) is 66.2 Å². The van der Waals surface area contributed by atoms with Gasteiger partial charge in [0.2, 0.25) is 0 Å². The van der Waals surface area contributed by atoms with Gasteiger partial charge in [0.25, 0.3) is 0 Å². The lowest BCUT2D eigenvalue weighted by atomic mass is 9.96. The third kappa shape index (κ3) is 7.12. The van der Waals surface area contributed by atoms with Gasteiger partial charge in [-0.05, 0) is 49.8 Å². The summed E-state index contributed by atoms with van der Waals surface area (Å²) in [4.78, 5) is 9.77. The molecule has 2 aliphatic heterocycles. The molecule has 1 unspecified atom stereocenters. The molecular formula is C23H37ClN4O2. The molecule has 0 saturated carbocycles. The number of hydrogen-bond donors (Lipinski definition) is 1. The van der Waals surface area contributed by atoms with Crippen molar-refractivity contribution in [1.82, 2.24) is 15.1 Å². The average molecular weight is 437 g/mol. The largest absolute Gasteiger partial charge is 0.381 e. The van der Waals surface area contributed by atoms with E-state index in [1.165, 1.54) is 24.8 Å². The van der Waals surface area contributed by atoms with Crippen LogP contribution >= 0.6 is 11.6 Å². The van der Waals surface area contributed by atoms with Gasteiger partial charge in [-0.15, -0.1) is 0 Å². The number of hydrogen-bond acceptors (Lipinski definition) is 4. The van der Waals surface area contributed by atoms with Crippen LogP contribution in [0.2, 0.25) is 5.02 Å². The summed E-state index contributed by atoms with van der Waals surface area (Å²) in [7, 11) is 2.14. The molecule has 2 heterocycles. The van der Waals surface area contributed by atoms with E-state index in [1.54, 1.807) is 0 Å². The van der Waals surface area contributed by atoms with Crippen molar-refractivity contribution in [3.05, 3.63) is 34.9 Å². The summed E-state index contributed by atoms with van der Waals surface area (Å²) >= 11 is 6.30. The summed E-state index contributed by atoms with van der Waals surface area (Å²) in [6, 6.07) is 8.38. The molecule has 168 valence electrons. The van der Waals surface area contributed by atoms with Gasteiger partial charge >= 0.3 is 0 Å². The Hall–Kier alpha value is -1.34. The molecule has 1 aromatic rings. The van der Waals surface area contributed by atoms with Gasteiger partial charge < -0.3 is 19.7 Å². The maximum absolute atomic E-state index is 6.30. The number of guanidine groups is 1. The highest BCUT2D eigenvalue weighted by Crippen LogP contribution is 2.25. The Morgan fingerprint density at radius 2 is 1.97 bits per heavy atom. The van der Waals surface area contributed by atoms with Gasteiger partial charge in [-0.25, -0.2) is 0 Å². The fourth-order valence-corrected chi connectivity index (χ4v) is 4.39. The highest BCUT2D eigenvalue weighted by Gasteiger charge is 2.23. The summed E-state index contributed by atoms with van der Waals surface area (Å²) < 4.78 is 11.1. The fraction of sp³-hybridized carbons (Fsp3) is 0.696. The van der Waals surface area contributed by atoms with E-state index in [9.17, 15) is 0 Å². The molecule has 0 spiro atoms. The van der Waals surface area contributed by atoms with Crippen LogP contribution in [0, 0.1) is 5.92 Å². The number of morpholine rings is 1. The zero-order chi connectivity index (χ0) is 21.2. The lowest BCUT2D eigenvalue weighted by Crippen LogP contribution is -2.42. The number of rotatable bonds is 8. The van der Waals surface area contributed by atoms with Gasteiger partial charge in [0.05, 0.1) is 25.8 Å². The fourth-order valence-electron chi connectivity index (χ4n) is 4.19. The van der Waals surface area contributed by atoms with Crippen molar-refractivity contribution in [3.63, 3.8) is 0 Å². The molecule has 6 nitrogen and oxygen atoms in total. The molecule has 1 N–H and O–H groups in total. The second-order valence-electron chi connectivity index (χ2n) is 8.18. The number of nitrogens with zero attached hydrogens (tertiary/aromatic N) is 3. The summed E-state index contributed by atoms with van der Waals surface area (Å²) in [5.41, 5.74) is 1.22. The summed E-state index contributed by atoms with van der Waals surface area (Å²) in [5, 5.41) is 4.25. The third-order valence-electron chi connectivity index (χ3n) is 6.04. The number of nitrogens with one attached hydrogen (secondary N) is 1. The Labute approximate surface area is 186 Å². The Balaban J connectivity index is 1.67. The van der Waals surface area contributed by atoms with Gasteiger partial charge in [-0.1, -0.05) is 23.7 Å². The van der Waals surface area contributed by atoms with Crippen LogP contribution in [0.4, 0.5) is 0 Å². The molecule has 2 fully saturated rings. The maximum atomic E-state index is 6.30. The van der Waals surface area contributed by atoms with E-state index in [4.69, 9.17) is 26.1 Å². The Morgan fingerprint density at radius 1 is 1.23 bits per heavy atom. The average Bonchev–Trinajstić information content (AvgIpc) is 2.78. The second kappa shape index (κ2) is 12.5. The van der Waals surface area contributed by atoms with Gasteiger partial charge in [0, 0.05) is 51.5 Å². The van der Waals surface area contributed by atoms with Crippen molar-refractivity contribution < 1.29 is 9.47 Å². The predicted molar refractivity (Wildman–Crippen MR) is 123 cm³/mol. The maximum Gasteiger partial charge on any atom is 0.193 e. The molecule has 0 radical (unpaired) electrons. The SMILES string of the molecule is CCNC(=NCC(c1cccc(Cl)c1)N1CCOCC1)N(C)CCC1CCOCC1. The van der Waals surface area contributed by atoms with Crippen LogP contribution in [-0.2, 0) is 9.47 Å². The summed E-state index contributed by atoms with van der Waals surface area (Å²) in [5.74, 6) is 1.74. The van der Waals surface area contributed by atoms with E-state index >= 15 is 0 Å². The molecule has 0 amide bonds. The summed E-state index contributed by atoms with van der Waals surface area (Å²) in [6.45, 7) is 9.88. The monoisotopic (exact) mass is 436 g/mol. The van der Waals surface area contributed by atoms with E-state index < -0.39 is 0 Å². The topological polar surface area (TPSA) is 49.3 Å². The van der Waals surface area contributed by atoms with E-state index in [-0.39, 0.29) is 6.04 Å². The molecule has 2 aliphatic rings. The first-order chi connectivity index (χ1) is 14.7. The quantitative estimate of drug-likeness (QED) is 0.499. The van der Waals surface area contributed by atoms with E-state index in [2.05, 4.69) is 41.2 Å². The molecule has 2 saturated heterocycles. The predicted octanol–water partition coefficient (Wildman–Crippen LogP) is 3.43. The van der Waals surface area contributed by atoms with Gasteiger partial charge in [0.15, 0.2) is 5.96 Å². The van der Waals surface area contributed by atoms with Crippen LogP contribution in [0.25, 0.3) is 0 Å². The number of halogens is 1. The van der Waals surface area contributed by atoms with Crippen LogP contribution < -0.4 is 5.32 Å². The van der Waals surface area contributed by atoms with E-state index in [0.29, 0.717) is 6.54 Å². The van der Waals surface area contributed by atoms with Crippen molar-refractivity contribution in [1.29, 1.82) is 0 Å². The number of aliphatic imine (C=N–C) groups is 1. The van der Waals surface area contributed by atoms with Gasteiger partial charge in [0.1, 0.15) is 0 Å². The molecule has 0 aliphatic carbocycles. The number of ether oxygens (including phenoxy) is 2. The Kier molecular flexibility index (Phi) is 9.72. The van der Waals surface area contributed by atoms with Gasteiger partial charge in [-0.2, -0.15) is 0 Å². The van der Waals surface area contributed by atoms with Crippen molar-refractivity contribution in [2.45, 2.75) is 32.2 Å². The number of benzene rings is 1. The molecule has 1 aromatic carbocycles. The first-order valence-electron chi connectivity index (χ1n) is 11.3. The highest BCUT2D eigenvalue weighted by molar-refractivity contribution is 6.30. The lowest BCUT2D eigenvalue weighted by molar-refractivity contribution is 0.0179. The smallest absolute Gasteiger partial charge is 0.193 e. The van der Waals surface area contributed by atoms with Gasteiger partial charge in [-0.3, -0.25) is 9.89 Å². The van der Waals surface area contributed by atoms with Crippen molar-refractivity contribution in [2.24, 2.45) is 10.9 Å². The molecular weight excluding hydrogens is 400 g/mol. The minimum absolute atomic E-state index is 0.199. The minimum Gasteiger partial charge on any atom is -0.381 e.